The molecule has 1 aromatic rings. The quantitative estimate of drug-likeness (QED) is 0.0726. The number of ketones is 1. The van der Waals surface area contributed by atoms with Gasteiger partial charge in [0.15, 0.2) is 11.5 Å². The molecule has 2 aliphatic rings. The summed E-state index contributed by atoms with van der Waals surface area (Å²) in [7, 11) is 0. The summed E-state index contributed by atoms with van der Waals surface area (Å²) in [6.07, 6.45) is 10.5. The fraction of sp³-hybridized carbons (Fsp3) is 0.500. The summed E-state index contributed by atoms with van der Waals surface area (Å²) in [6, 6.07) is 7.16. The average Bonchev–Trinajstić information content (AvgIpc) is 3.11. The molecule has 0 spiro atoms. The smallest absolute Gasteiger partial charge is 0.306 e. The Balaban J connectivity index is 1.75. The third-order valence-electron chi connectivity index (χ3n) is 8.41. The van der Waals surface area contributed by atoms with Crippen LogP contribution < -0.4 is 10.0 Å². The number of nitrogens with zero attached hydrogens (tertiary/aromatic N) is 2. The van der Waals surface area contributed by atoms with E-state index in [4.69, 9.17) is 18.9 Å². The maximum atomic E-state index is 13.4. The van der Waals surface area contributed by atoms with E-state index in [-0.39, 0.29) is 72.2 Å². The lowest BCUT2D eigenvalue weighted by Gasteiger charge is -2.32. The molecule has 0 saturated carbocycles. The third-order valence-corrected chi connectivity index (χ3v) is 8.41. The van der Waals surface area contributed by atoms with Gasteiger partial charge in [0, 0.05) is 67.8 Å². The van der Waals surface area contributed by atoms with Crippen molar-refractivity contribution in [3.63, 3.8) is 0 Å². The van der Waals surface area contributed by atoms with Crippen molar-refractivity contribution in [2.45, 2.75) is 79.1 Å². The van der Waals surface area contributed by atoms with Crippen LogP contribution >= 0.6 is 0 Å². The molecule has 2 aliphatic carbocycles. The van der Waals surface area contributed by atoms with Crippen molar-refractivity contribution in [2.75, 3.05) is 57.5 Å². The largest absolute Gasteiger partial charge is 0.871 e. The summed E-state index contributed by atoms with van der Waals surface area (Å²) < 4.78 is 22.2. The summed E-state index contributed by atoms with van der Waals surface area (Å²) in [5.41, 5.74) is 2.97. The Labute approximate surface area is 306 Å². The molecule has 0 radical (unpaired) electrons. The number of Topliss-reactive ketones (excluding diaryl/α,β-unsaturated/α-hetero) is 1. The number of hydrogen-bond donors (Lipinski definition) is 0. The summed E-state index contributed by atoms with van der Waals surface area (Å²) >= 11 is 0. The number of carbonyl (C=O) groups is 5. The van der Waals surface area contributed by atoms with Crippen LogP contribution in [0.15, 0.2) is 65.5 Å². The van der Waals surface area contributed by atoms with Gasteiger partial charge in [-0.2, -0.15) is 0 Å². The molecule has 12 nitrogen and oxygen atoms in total. The normalized spacial score (nSPS) is 13.5. The van der Waals surface area contributed by atoms with E-state index in [2.05, 4.69) is 9.48 Å². The van der Waals surface area contributed by atoms with E-state index < -0.39 is 0 Å². The van der Waals surface area contributed by atoms with Crippen LogP contribution in [0.25, 0.3) is 5.57 Å². The fourth-order valence-electron chi connectivity index (χ4n) is 5.93. The molecule has 0 N–H and O–H groups in total. The zero-order valence-electron chi connectivity index (χ0n) is 30.9. The second kappa shape index (κ2) is 22.0. The highest BCUT2D eigenvalue weighted by atomic mass is 16.5. The topological polar surface area (TPSA) is 152 Å². The van der Waals surface area contributed by atoms with Crippen LogP contribution in [0.2, 0.25) is 0 Å². The molecule has 282 valence electrons. The van der Waals surface area contributed by atoms with Gasteiger partial charge in [-0.1, -0.05) is 17.9 Å². The molecule has 0 aliphatic heterocycles. The summed E-state index contributed by atoms with van der Waals surface area (Å²) in [6.45, 7) is 10.6. The molecule has 0 fully saturated rings. The van der Waals surface area contributed by atoms with Gasteiger partial charge in [-0.15, -0.1) is 0 Å². The average molecular weight is 721 g/mol. The number of ether oxygens (including phenoxy) is 4. The first-order valence-corrected chi connectivity index (χ1v) is 18.3. The molecule has 0 saturated heterocycles. The Morgan fingerprint density at radius 2 is 1.04 bits per heavy atom. The summed E-state index contributed by atoms with van der Waals surface area (Å²) in [5.74, 6) is -1.71. The molecule has 0 atom stereocenters. The van der Waals surface area contributed by atoms with Crippen molar-refractivity contribution >= 4 is 46.6 Å². The zero-order chi connectivity index (χ0) is 37.9. The molecule has 0 aromatic heterocycles. The van der Waals surface area contributed by atoms with E-state index in [9.17, 15) is 29.1 Å². The first-order valence-electron chi connectivity index (χ1n) is 18.3. The van der Waals surface area contributed by atoms with Crippen LogP contribution in [0, 0.1) is 0 Å². The Morgan fingerprint density at radius 3 is 1.44 bits per heavy atom. The maximum Gasteiger partial charge on any atom is 0.306 e. The van der Waals surface area contributed by atoms with E-state index in [1.807, 2.05) is 24.3 Å². The number of esters is 4. The molecule has 0 heterocycles. The van der Waals surface area contributed by atoms with Crippen LogP contribution in [0.5, 0.6) is 0 Å². The van der Waals surface area contributed by atoms with Crippen LogP contribution in [0.4, 0.5) is 5.69 Å². The number of anilines is 1. The van der Waals surface area contributed by atoms with Gasteiger partial charge in [0.25, 0.3) is 0 Å². The van der Waals surface area contributed by atoms with E-state index in [1.54, 1.807) is 52.0 Å². The van der Waals surface area contributed by atoms with Gasteiger partial charge in [0.2, 0.25) is 0 Å². The van der Waals surface area contributed by atoms with Gasteiger partial charge in [0.1, 0.15) is 13.1 Å². The van der Waals surface area contributed by atoms with Crippen LogP contribution in [0.1, 0.15) is 84.6 Å². The molecule has 52 heavy (non-hydrogen) atoms. The van der Waals surface area contributed by atoms with Crippen molar-refractivity contribution in [3.8, 4) is 0 Å². The SMILES string of the molecule is CCOC(=O)CCCN(CCCC(=O)OCC)c1ccc(C2=C([O-])C(=C3C=CC(=[N+](CCCC(=O)OCC)CCCC(=O)OCC)C=C3)C2=O)cc1. The molecular weight excluding hydrogens is 668 g/mol. The molecule has 0 amide bonds. The van der Waals surface area contributed by atoms with E-state index in [0.29, 0.717) is 89.4 Å². The Bertz CT molecular complexity index is 1520. The van der Waals surface area contributed by atoms with E-state index in [0.717, 1.165) is 11.4 Å². The summed E-state index contributed by atoms with van der Waals surface area (Å²) in [4.78, 5) is 63.0. The fourth-order valence-corrected chi connectivity index (χ4v) is 5.93. The van der Waals surface area contributed by atoms with Gasteiger partial charge in [-0.3, -0.25) is 24.0 Å². The predicted octanol–water partition coefficient (Wildman–Crippen LogP) is 4.40. The number of allylic oxidation sites excluding steroid dienone is 7. The lowest BCUT2D eigenvalue weighted by molar-refractivity contribution is -0.527. The highest BCUT2D eigenvalue weighted by Gasteiger charge is 2.31. The van der Waals surface area contributed by atoms with Crippen molar-refractivity contribution in [3.05, 3.63) is 71.0 Å². The third kappa shape index (κ3) is 12.6. The Kier molecular flexibility index (Phi) is 17.6. The lowest BCUT2D eigenvalue weighted by atomic mass is 9.80. The number of benzene rings is 1. The molecule has 3 rings (SSSR count). The van der Waals surface area contributed by atoms with Crippen LogP contribution in [-0.2, 0) is 42.9 Å². The molecule has 0 bridgehead atoms. The van der Waals surface area contributed by atoms with Gasteiger partial charge >= 0.3 is 23.9 Å². The number of carbonyl (C=O) groups excluding carboxylic acids is 5. The predicted molar refractivity (Wildman–Crippen MR) is 194 cm³/mol. The molecule has 12 heteroatoms. The van der Waals surface area contributed by atoms with Crippen molar-refractivity contribution in [1.82, 2.24) is 0 Å². The first kappa shape index (κ1) is 41.4. The molecule has 0 unspecified atom stereocenters. The molecular formula is C40H52N2O10. The van der Waals surface area contributed by atoms with Crippen molar-refractivity contribution in [1.29, 1.82) is 0 Å². The first-order chi connectivity index (χ1) is 25.1. The Morgan fingerprint density at radius 1 is 0.615 bits per heavy atom. The minimum Gasteiger partial charge on any atom is -0.871 e. The molecule has 1 aromatic carbocycles. The van der Waals surface area contributed by atoms with E-state index in [1.165, 1.54) is 0 Å². The second-order valence-electron chi connectivity index (χ2n) is 12.1. The lowest BCUT2D eigenvalue weighted by Crippen LogP contribution is -2.30. The van der Waals surface area contributed by atoms with Crippen LogP contribution in [0.3, 0.4) is 0 Å². The van der Waals surface area contributed by atoms with Gasteiger partial charge in [-0.05, 0) is 76.0 Å². The minimum absolute atomic E-state index is 0.126. The minimum atomic E-state index is -0.327. The van der Waals surface area contributed by atoms with Gasteiger partial charge in [0.05, 0.1) is 39.3 Å². The number of hydrogen-bond acceptors (Lipinski definition) is 11. The second-order valence-corrected chi connectivity index (χ2v) is 12.1. The highest BCUT2D eigenvalue weighted by Crippen LogP contribution is 2.38. The summed E-state index contributed by atoms with van der Waals surface area (Å²) in [5, 5.41) is 13.4. The number of rotatable bonds is 22. The van der Waals surface area contributed by atoms with Crippen molar-refractivity contribution < 1.29 is 52.6 Å². The maximum absolute atomic E-state index is 13.4. The van der Waals surface area contributed by atoms with Gasteiger partial charge < -0.3 is 29.0 Å². The highest BCUT2D eigenvalue weighted by molar-refractivity contribution is 6.39. The zero-order valence-corrected chi connectivity index (χ0v) is 30.9. The van der Waals surface area contributed by atoms with E-state index >= 15 is 0 Å². The van der Waals surface area contributed by atoms with Crippen LogP contribution in [-0.4, -0.2) is 92.6 Å². The Hall–Kier alpha value is -5.00. The monoisotopic (exact) mass is 720 g/mol. The van der Waals surface area contributed by atoms with Crippen molar-refractivity contribution in [2.24, 2.45) is 0 Å². The van der Waals surface area contributed by atoms with Gasteiger partial charge in [-0.25, -0.2) is 4.58 Å². The standard InChI is InChI=1S/C40H52N2O10/c1-5-49-33(43)13-9-25-41(26-10-14-34(44)50-6-2)31-21-17-29(18-22-31)37-39(47)38(40(37)48)30-19-23-32(24-20-30)42(27-11-15-35(45)51-7-3)28-12-16-36(46)52-8-4/h17-24H,5-16,25-28H2,1-4H3.